The summed E-state index contributed by atoms with van der Waals surface area (Å²) in [5, 5.41) is 18.1. The second-order valence-corrected chi connectivity index (χ2v) is 11.7. The van der Waals surface area contributed by atoms with Crippen molar-refractivity contribution in [3.63, 3.8) is 0 Å². The molecule has 0 aliphatic heterocycles. The quantitative estimate of drug-likeness (QED) is 0.139. The second kappa shape index (κ2) is 19.1. The predicted octanol–water partition coefficient (Wildman–Crippen LogP) is 9.93. The van der Waals surface area contributed by atoms with Gasteiger partial charge in [-0.25, -0.2) is 0 Å². The zero-order chi connectivity index (χ0) is 25.8. The van der Waals surface area contributed by atoms with Gasteiger partial charge in [-0.2, -0.15) is 0 Å². The summed E-state index contributed by atoms with van der Waals surface area (Å²) in [5.74, 6) is -1.35. The number of carbonyl (C=O) groups is 2. The highest BCUT2D eigenvalue weighted by atomic mass is 16.4. The number of carboxylic acid groups (broad SMARTS) is 2. The van der Waals surface area contributed by atoms with Crippen LogP contribution >= 0.6 is 0 Å². The van der Waals surface area contributed by atoms with Crippen LogP contribution in [0.15, 0.2) is 0 Å². The minimum absolute atomic E-state index is 0.293. The largest absolute Gasteiger partial charge is 0.481 e. The van der Waals surface area contributed by atoms with E-state index in [-0.39, 0.29) is 0 Å². The maximum absolute atomic E-state index is 11.0. The van der Waals surface area contributed by atoms with Gasteiger partial charge in [0, 0.05) is 12.8 Å². The van der Waals surface area contributed by atoms with Crippen molar-refractivity contribution < 1.29 is 19.8 Å². The lowest BCUT2D eigenvalue weighted by Gasteiger charge is -2.56. The van der Waals surface area contributed by atoms with E-state index >= 15 is 0 Å². The van der Waals surface area contributed by atoms with E-state index in [1.165, 1.54) is 109 Å². The summed E-state index contributed by atoms with van der Waals surface area (Å²) < 4.78 is 0. The molecule has 35 heavy (non-hydrogen) atoms. The molecule has 1 saturated carbocycles. The lowest BCUT2D eigenvalue weighted by atomic mass is 9.49. The number of carboxylic acids is 2. The monoisotopic (exact) mass is 494 g/mol. The highest BCUT2D eigenvalue weighted by Crippen LogP contribution is 2.61. The van der Waals surface area contributed by atoms with Crippen molar-refractivity contribution in [3.05, 3.63) is 0 Å². The molecule has 1 fully saturated rings. The van der Waals surface area contributed by atoms with Gasteiger partial charge < -0.3 is 10.2 Å². The number of hydrogen-bond donors (Lipinski definition) is 2. The van der Waals surface area contributed by atoms with Crippen molar-refractivity contribution in [3.8, 4) is 0 Å². The van der Waals surface area contributed by atoms with E-state index in [9.17, 15) is 9.59 Å². The van der Waals surface area contributed by atoms with E-state index in [1.807, 2.05) is 0 Å². The van der Waals surface area contributed by atoms with E-state index in [2.05, 4.69) is 13.8 Å². The second-order valence-electron chi connectivity index (χ2n) is 11.7. The number of rotatable bonds is 23. The fourth-order valence-corrected chi connectivity index (χ4v) is 7.06. The van der Waals surface area contributed by atoms with Gasteiger partial charge in [-0.15, -0.1) is 0 Å². The third kappa shape index (κ3) is 12.6. The van der Waals surface area contributed by atoms with Crippen molar-refractivity contribution in [2.24, 2.45) is 10.8 Å². The molecule has 1 atom stereocenters. The lowest BCUT2D eigenvalue weighted by Crippen LogP contribution is -2.45. The Kier molecular flexibility index (Phi) is 17.5. The Labute approximate surface area is 217 Å². The molecule has 0 amide bonds. The van der Waals surface area contributed by atoms with Crippen molar-refractivity contribution in [2.45, 2.75) is 174 Å². The highest BCUT2D eigenvalue weighted by molar-refractivity contribution is 5.66. The first kappa shape index (κ1) is 32.0. The van der Waals surface area contributed by atoms with Crippen molar-refractivity contribution in [1.29, 1.82) is 0 Å². The summed E-state index contributed by atoms with van der Waals surface area (Å²) >= 11 is 0. The third-order valence-corrected chi connectivity index (χ3v) is 9.05. The molecule has 1 unspecified atom stereocenters. The summed E-state index contributed by atoms with van der Waals surface area (Å²) in [6, 6.07) is 0. The molecular formula is C31H58O4. The van der Waals surface area contributed by atoms with Crippen LogP contribution in [0, 0.1) is 10.8 Å². The molecule has 1 aliphatic carbocycles. The summed E-state index contributed by atoms with van der Waals surface area (Å²) in [4.78, 5) is 22.0. The Morgan fingerprint density at radius 2 is 0.829 bits per heavy atom. The van der Waals surface area contributed by atoms with Crippen LogP contribution in [0.5, 0.6) is 0 Å². The number of aliphatic carboxylic acids is 2. The van der Waals surface area contributed by atoms with Crippen molar-refractivity contribution in [1.82, 2.24) is 0 Å². The lowest BCUT2D eigenvalue weighted by molar-refractivity contribution is -0.138. The standard InChI is InChI=1S/C31H58O4/c1-3-5-7-8-9-15-23-30(22-14-6-4-2)26-18-19-27-31(30,24-16-10-12-20-28(32)33)25-17-11-13-21-29(34)35/h3-27H2,1-2H3,(H,32,33)(H,34,35). The van der Waals surface area contributed by atoms with Crippen molar-refractivity contribution in [2.75, 3.05) is 0 Å². The summed E-state index contributed by atoms with van der Waals surface area (Å²) in [7, 11) is 0. The van der Waals surface area contributed by atoms with Gasteiger partial charge in [0.05, 0.1) is 0 Å². The van der Waals surface area contributed by atoms with E-state index in [1.54, 1.807) is 0 Å². The molecule has 0 saturated heterocycles. The smallest absolute Gasteiger partial charge is 0.303 e. The van der Waals surface area contributed by atoms with Gasteiger partial charge in [-0.3, -0.25) is 9.59 Å². The van der Waals surface area contributed by atoms with Crippen LogP contribution in [0.25, 0.3) is 0 Å². The average Bonchev–Trinajstić information content (AvgIpc) is 2.82. The van der Waals surface area contributed by atoms with Crippen LogP contribution in [0.4, 0.5) is 0 Å². The van der Waals surface area contributed by atoms with Crippen LogP contribution < -0.4 is 0 Å². The van der Waals surface area contributed by atoms with Gasteiger partial charge in [0.25, 0.3) is 0 Å². The number of hydrogen-bond acceptors (Lipinski definition) is 2. The molecule has 1 aliphatic rings. The first-order chi connectivity index (χ1) is 16.9. The first-order valence-electron chi connectivity index (χ1n) is 15.3. The average molecular weight is 495 g/mol. The zero-order valence-corrected chi connectivity index (χ0v) is 23.4. The van der Waals surface area contributed by atoms with Crippen LogP contribution in [0.1, 0.15) is 174 Å². The molecule has 0 aromatic carbocycles. The molecule has 4 nitrogen and oxygen atoms in total. The van der Waals surface area contributed by atoms with Gasteiger partial charge in [0.1, 0.15) is 0 Å². The molecule has 206 valence electrons. The third-order valence-electron chi connectivity index (χ3n) is 9.05. The fourth-order valence-electron chi connectivity index (χ4n) is 7.06. The Hall–Kier alpha value is -1.06. The van der Waals surface area contributed by atoms with Crippen molar-refractivity contribution >= 4 is 11.9 Å². The van der Waals surface area contributed by atoms with Gasteiger partial charge in [0.15, 0.2) is 0 Å². The molecule has 0 bridgehead atoms. The van der Waals surface area contributed by atoms with E-state index in [0.717, 1.165) is 38.5 Å². The molecule has 1 rings (SSSR count). The maximum atomic E-state index is 11.0. The van der Waals surface area contributed by atoms with Gasteiger partial charge in [-0.05, 0) is 62.2 Å². The molecule has 4 heteroatoms. The molecule has 0 heterocycles. The minimum atomic E-state index is -0.673. The Morgan fingerprint density at radius 3 is 1.23 bits per heavy atom. The summed E-state index contributed by atoms with van der Waals surface area (Å²) in [6.07, 6.45) is 29.2. The molecule has 0 aromatic rings. The molecule has 2 N–H and O–H groups in total. The van der Waals surface area contributed by atoms with Gasteiger partial charge >= 0.3 is 11.9 Å². The van der Waals surface area contributed by atoms with Crippen LogP contribution in [-0.4, -0.2) is 22.2 Å². The fraction of sp³-hybridized carbons (Fsp3) is 0.935. The SMILES string of the molecule is CCCCCCCCC1(CCCCC)CCCCC1(CCCCCC(=O)O)CCCCCC(=O)O. The Bertz CT molecular complexity index is 534. The van der Waals surface area contributed by atoms with Crippen LogP contribution in [-0.2, 0) is 9.59 Å². The van der Waals surface area contributed by atoms with Crippen LogP contribution in [0.2, 0.25) is 0 Å². The van der Waals surface area contributed by atoms with Crippen LogP contribution in [0.3, 0.4) is 0 Å². The van der Waals surface area contributed by atoms with E-state index in [4.69, 9.17) is 10.2 Å². The van der Waals surface area contributed by atoms with Gasteiger partial charge in [-0.1, -0.05) is 110 Å². The minimum Gasteiger partial charge on any atom is -0.481 e. The molecular weight excluding hydrogens is 436 g/mol. The maximum Gasteiger partial charge on any atom is 0.303 e. The van der Waals surface area contributed by atoms with E-state index < -0.39 is 11.9 Å². The van der Waals surface area contributed by atoms with E-state index in [0.29, 0.717) is 23.7 Å². The summed E-state index contributed by atoms with van der Waals surface area (Å²) in [5.41, 5.74) is 0.805. The highest BCUT2D eigenvalue weighted by Gasteiger charge is 2.50. The predicted molar refractivity (Wildman–Crippen MR) is 147 cm³/mol. The number of unbranched alkanes of at least 4 members (excludes halogenated alkanes) is 11. The Morgan fingerprint density at radius 1 is 0.514 bits per heavy atom. The molecule has 0 spiro atoms. The first-order valence-corrected chi connectivity index (χ1v) is 15.3. The Balaban J connectivity index is 2.96. The molecule has 0 radical (unpaired) electrons. The normalized spacial score (nSPS) is 19.6. The topological polar surface area (TPSA) is 74.6 Å². The summed E-state index contributed by atoms with van der Waals surface area (Å²) in [6.45, 7) is 4.59. The molecule has 0 aromatic heterocycles. The zero-order valence-electron chi connectivity index (χ0n) is 23.4. The van der Waals surface area contributed by atoms with Gasteiger partial charge in [0.2, 0.25) is 0 Å².